The zero-order valence-corrected chi connectivity index (χ0v) is 7.38. The van der Waals surface area contributed by atoms with Crippen LogP contribution in [0.5, 0.6) is 0 Å². The van der Waals surface area contributed by atoms with Crippen molar-refractivity contribution in [2.24, 2.45) is 0 Å². The van der Waals surface area contributed by atoms with Crippen molar-refractivity contribution >= 4 is 25.1 Å². The van der Waals surface area contributed by atoms with Gasteiger partial charge in [0.2, 0.25) is 0 Å². The Balaban J connectivity index is 3.00. The van der Waals surface area contributed by atoms with Gasteiger partial charge in [-0.25, -0.2) is 0 Å². The zero-order valence-electron chi connectivity index (χ0n) is 4.52. The average Bonchev–Trinajstić information content (AvgIpc) is 1.68. The third kappa shape index (κ3) is 4.11. The van der Waals surface area contributed by atoms with Gasteiger partial charge in [-0.3, -0.25) is 0 Å². The van der Waals surface area contributed by atoms with E-state index in [9.17, 15) is 4.79 Å². The molecule has 0 rings (SSSR count). The van der Waals surface area contributed by atoms with Crippen LogP contribution >= 0.6 is 0 Å². The van der Waals surface area contributed by atoms with Crippen molar-refractivity contribution in [1.82, 2.24) is 0 Å². The van der Waals surface area contributed by atoms with Gasteiger partial charge >= 0.3 is 53.1 Å². The normalized spacial score (nSPS) is 8.29. The molecule has 0 aromatic heterocycles. The second-order valence-corrected chi connectivity index (χ2v) is 5.21. The van der Waals surface area contributed by atoms with Crippen LogP contribution in [0.1, 0.15) is 6.92 Å². The predicted molar refractivity (Wildman–Crippen MR) is 28.6 cm³/mol. The number of hydrogen-bond donors (Lipinski definition) is 0. The number of ether oxygens (including phenoxy) is 1. The molecule has 0 aliphatic carbocycles. The molecule has 0 bridgehead atoms. The van der Waals surface area contributed by atoms with Crippen LogP contribution in [0.4, 0.5) is 4.79 Å². The Morgan fingerprint density at radius 3 is 2.57 bits per heavy atom. The summed E-state index contributed by atoms with van der Waals surface area (Å²) in [6.45, 7) is 2.02. The summed E-state index contributed by atoms with van der Waals surface area (Å²) >= 11 is -0.751. The fraction of sp³-hybridized carbons (Fsp3) is 0.750. The molecule has 0 fully saturated rings. The Bertz CT molecular complexity index is 62.7. The molecule has 0 aliphatic rings. The fourth-order valence-corrected chi connectivity index (χ4v) is 1.45. The monoisotopic (exact) mass is 208 g/mol. The van der Waals surface area contributed by atoms with Crippen LogP contribution < -0.4 is 0 Å². The Kier molecular flexibility index (Phi) is 4.60. The number of methoxy groups -OCH3 is 1. The molecule has 3 heteroatoms. The van der Waals surface area contributed by atoms with Gasteiger partial charge in [-0.15, -0.1) is 0 Å². The Morgan fingerprint density at radius 2 is 2.43 bits per heavy atom. The first-order chi connectivity index (χ1) is 3.31. The summed E-state index contributed by atoms with van der Waals surface area (Å²) in [5.74, 6) is 0. The van der Waals surface area contributed by atoms with Gasteiger partial charge in [-0.05, 0) is 0 Å². The summed E-state index contributed by atoms with van der Waals surface area (Å²) in [4.78, 5) is 10.3. The van der Waals surface area contributed by atoms with Crippen LogP contribution in [0.25, 0.3) is 0 Å². The van der Waals surface area contributed by atoms with Gasteiger partial charge in [-0.1, -0.05) is 0 Å². The van der Waals surface area contributed by atoms with Crippen LogP contribution in [0, 0.1) is 0 Å². The number of carbonyl (C=O) groups excluding carboxylic acids is 1. The maximum absolute atomic E-state index is 10.3. The molecule has 0 saturated carbocycles. The van der Waals surface area contributed by atoms with E-state index in [1.165, 1.54) is 7.11 Å². The molecular formula is C4H8O2Sn. The molecule has 2 nitrogen and oxygen atoms in total. The van der Waals surface area contributed by atoms with Crippen molar-refractivity contribution in [3.8, 4) is 0 Å². The molecule has 0 aliphatic heterocycles. The summed E-state index contributed by atoms with van der Waals surface area (Å²) in [5.41, 5.74) is 0. The molecule has 0 atom stereocenters. The van der Waals surface area contributed by atoms with E-state index in [4.69, 9.17) is 0 Å². The van der Waals surface area contributed by atoms with E-state index >= 15 is 0 Å². The Morgan fingerprint density at radius 1 is 1.86 bits per heavy atom. The van der Waals surface area contributed by atoms with Gasteiger partial charge in [0.25, 0.3) is 0 Å². The van der Waals surface area contributed by atoms with Crippen LogP contribution in [0.15, 0.2) is 0 Å². The molecule has 0 aromatic carbocycles. The molecule has 7 heavy (non-hydrogen) atoms. The maximum atomic E-state index is 10.3. The molecular weight excluding hydrogens is 199 g/mol. The van der Waals surface area contributed by atoms with Gasteiger partial charge in [-0.2, -0.15) is 0 Å². The molecule has 0 saturated heterocycles. The molecule has 0 N–H and O–H groups in total. The summed E-state index contributed by atoms with van der Waals surface area (Å²) in [6, 6.07) is 0. The fourth-order valence-electron chi connectivity index (χ4n) is 0.217. The van der Waals surface area contributed by atoms with E-state index in [2.05, 4.69) is 4.74 Å². The van der Waals surface area contributed by atoms with E-state index in [0.717, 1.165) is 4.44 Å². The van der Waals surface area contributed by atoms with Crippen LogP contribution in [0.2, 0.25) is 4.44 Å². The van der Waals surface area contributed by atoms with Gasteiger partial charge in [0.05, 0.1) is 0 Å². The quantitative estimate of drug-likeness (QED) is 0.628. The molecule has 0 amide bonds. The summed E-state index contributed by atoms with van der Waals surface area (Å²) < 4.78 is 5.51. The van der Waals surface area contributed by atoms with E-state index in [1.54, 1.807) is 0 Å². The van der Waals surface area contributed by atoms with Crippen molar-refractivity contribution in [2.45, 2.75) is 11.4 Å². The second-order valence-electron chi connectivity index (χ2n) is 1.02. The van der Waals surface area contributed by atoms with Crippen molar-refractivity contribution in [3.63, 3.8) is 0 Å². The van der Waals surface area contributed by atoms with E-state index in [-0.39, 0.29) is 3.99 Å². The molecule has 0 spiro atoms. The van der Waals surface area contributed by atoms with Crippen LogP contribution in [-0.2, 0) is 4.74 Å². The minimum absolute atomic E-state index is 0.0473. The van der Waals surface area contributed by atoms with E-state index in [1.807, 2.05) is 6.92 Å². The van der Waals surface area contributed by atoms with Gasteiger partial charge in [0, 0.05) is 0 Å². The zero-order chi connectivity index (χ0) is 5.70. The third-order valence-electron chi connectivity index (χ3n) is 0.507. The first kappa shape index (κ1) is 7.27. The van der Waals surface area contributed by atoms with Crippen LogP contribution in [-0.4, -0.2) is 32.2 Å². The summed E-state index contributed by atoms with van der Waals surface area (Å²) in [5, 5.41) is 0. The second kappa shape index (κ2) is 4.43. The molecule has 0 aromatic rings. The summed E-state index contributed by atoms with van der Waals surface area (Å²) in [7, 11) is 1.44. The first-order valence-corrected chi connectivity index (χ1v) is 5.57. The van der Waals surface area contributed by atoms with E-state index < -0.39 is 21.1 Å². The van der Waals surface area contributed by atoms with E-state index in [0.29, 0.717) is 0 Å². The van der Waals surface area contributed by atoms with Crippen molar-refractivity contribution in [3.05, 3.63) is 0 Å². The van der Waals surface area contributed by atoms with Gasteiger partial charge in [0.15, 0.2) is 0 Å². The molecule has 2 radical (unpaired) electrons. The first-order valence-electron chi connectivity index (χ1n) is 2.13. The number of hydrogen-bond acceptors (Lipinski definition) is 2. The Labute approximate surface area is 53.5 Å². The number of rotatable bonds is 2. The van der Waals surface area contributed by atoms with Crippen molar-refractivity contribution in [1.29, 1.82) is 0 Å². The van der Waals surface area contributed by atoms with Gasteiger partial charge < -0.3 is 0 Å². The Hall–Kier alpha value is 0.269. The third-order valence-corrected chi connectivity index (χ3v) is 2.92. The SMILES string of the molecule is C[CH2][Sn][C](=O)OC. The average molecular weight is 207 g/mol. The predicted octanol–water partition coefficient (Wildman–Crippen LogP) is 0.895. The van der Waals surface area contributed by atoms with Crippen molar-refractivity contribution < 1.29 is 9.53 Å². The molecule has 40 valence electrons. The van der Waals surface area contributed by atoms with Gasteiger partial charge in [0.1, 0.15) is 0 Å². The number of carbonyl (C=O) groups is 1. The topological polar surface area (TPSA) is 26.3 Å². The van der Waals surface area contributed by atoms with Crippen molar-refractivity contribution in [2.75, 3.05) is 7.11 Å². The summed E-state index contributed by atoms with van der Waals surface area (Å²) in [6.07, 6.45) is 0. The minimum atomic E-state index is -0.751. The molecule has 0 unspecified atom stereocenters. The van der Waals surface area contributed by atoms with Crippen LogP contribution in [0.3, 0.4) is 0 Å². The standard InChI is InChI=1S/C2H3O2.C2H5.Sn/c1-4-2-3;1-2;/h1H3;1H2,2H3;. The molecule has 0 heterocycles.